The Labute approximate surface area is 125 Å². The first kappa shape index (κ1) is 14.3. The van der Waals surface area contributed by atoms with Gasteiger partial charge in [-0.2, -0.15) is 5.10 Å². The minimum absolute atomic E-state index is 0.285. The lowest BCUT2D eigenvalue weighted by molar-refractivity contribution is -0.0182. The maximum Gasteiger partial charge on any atom is 0.0826 e. The van der Waals surface area contributed by atoms with E-state index in [0.29, 0.717) is 0 Å². The first-order valence-electron chi connectivity index (χ1n) is 7.41. The number of rotatable bonds is 5. The van der Waals surface area contributed by atoms with E-state index in [1.54, 1.807) is 0 Å². The molecule has 2 heterocycles. The fourth-order valence-electron chi connectivity index (χ4n) is 2.54. The zero-order chi connectivity index (χ0) is 14.5. The van der Waals surface area contributed by atoms with Gasteiger partial charge in [0.05, 0.1) is 24.6 Å². The zero-order valence-corrected chi connectivity index (χ0v) is 12.4. The summed E-state index contributed by atoms with van der Waals surface area (Å²) < 4.78 is 7.64. The van der Waals surface area contributed by atoms with Crippen LogP contribution < -0.4 is 5.32 Å². The van der Waals surface area contributed by atoms with Crippen molar-refractivity contribution in [2.75, 3.05) is 33.3 Å². The van der Waals surface area contributed by atoms with Crippen LogP contribution in [0.1, 0.15) is 5.56 Å². The van der Waals surface area contributed by atoms with Gasteiger partial charge in [-0.15, -0.1) is 0 Å². The van der Waals surface area contributed by atoms with Crippen molar-refractivity contribution < 1.29 is 4.74 Å². The smallest absolute Gasteiger partial charge is 0.0826 e. The summed E-state index contributed by atoms with van der Waals surface area (Å²) in [5.74, 6) is 0. The van der Waals surface area contributed by atoms with Gasteiger partial charge < -0.3 is 15.0 Å². The Balaban J connectivity index is 1.49. The van der Waals surface area contributed by atoms with Crippen molar-refractivity contribution >= 4 is 0 Å². The highest BCUT2D eigenvalue weighted by molar-refractivity contribution is 5.30. The zero-order valence-electron chi connectivity index (χ0n) is 12.4. The molecular weight excluding hydrogens is 264 g/mol. The van der Waals surface area contributed by atoms with Crippen LogP contribution in [-0.2, 0) is 11.3 Å². The summed E-state index contributed by atoms with van der Waals surface area (Å²) in [7, 11) is 2.14. The summed E-state index contributed by atoms with van der Waals surface area (Å²) >= 11 is 0. The minimum atomic E-state index is 0.285. The predicted molar refractivity (Wildman–Crippen MR) is 82.5 cm³/mol. The Kier molecular flexibility index (Phi) is 4.65. The molecule has 3 rings (SSSR count). The molecule has 0 bridgehead atoms. The molecule has 2 aromatic rings. The quantitative estimate of drug-likeness (QED) is 0.899. The van der Waals surface area contributed by atoms with E-state index >= 15 is 0 Å². The molecule has 1 aromatic heterocycles. The summed E-state index contributed by atoms with van der Waals surface area (Å²) in [5.41, 5.74) is 2.27. The van der Waals surface area contributed by atoms with Crippen LogP contribution in [0.15, 0.2) is 42.7 Å². The lowest BCUT2D eigenvalue weighted by Gasteiger charge is -2.30. The Bertz CT molecular complexity index is 554. The van der Waals surface area contributed by atoms with Crippen molar-refractivity contribution in [2.24, 2.45) is 0 Å². The van der Waals surface area contributed by atoms with E-state index < -0.39 is 0 Å². The number of benzene rings is 1. The van der Waals surface area contributed by atoms with Crippen LogP contribution in [0.4, 0.5) is 0 Å². The fraction of sp³-hybridized carbons (Fsp3) is 0.438. The Hall–Kier alpha value is -1.69. The van der Waals surface area contributed by atoms with E-state index in [9.17, 15) is 0 Å². The number of hydrogen-bond donors (Lipinski definition) is 1. The summed E-state index contributed by atoms with van der Waals surface area (Å²) in [6, 6.07) is 10.2. The molecule has 5 heteroatoms. The first-order chi connectivity index (χ1) is 10.3. The second-order valence-corrected chi connectivity index (χ2v) is 5.51. The molecule has 1 fully saturated rings. The van der Waals surface area contributed by atoms with E-state index in [-0.39, 0.29) is 6.10 Å². The van der Waals surface area contributed by atoms with E-state index in [1.807, 2.05) is 29.1 Å². The lowest BCUT2D eigenvalue weighted by Crippen LogP contribution is -2.44. The molecule has 0 amide bonds. The predicted octanol–water partition coefficient (Wildman–Crippen LogP) is 1.29. The van der Waals surface area contributed by atoms with Crippen LogP contribution in [0.5, 0.6) is 0 Å². The largest absolute Gasteiger partial charge is 0.374 e. The number of para-hydroxylation sites is 1. The maximum atomic E-state index is 5.74. The Morgan fingerprint density at radius 3 is 3.00 bits per heavy atom. The third kappa shape index (κ3) is 3.91. The van der Waals surface area contributed by atoms with Gasteiger partial charge in [-0.3, -0.25) is 0 Å². The molecule has 112 valence electrons. The van der Waals surface area contributed by atoms with Crippen LogP contribution in [0.3, 0.4) is 0 Å². The molecule has 1 aromatic carbocycles. The lowest BCUT2D eigenvalue weighted by atomic mass is 10.2. The molecule has 21 heavy (non-hydrogen) atoms. The van der Waals surface area contributed by atoms with Crippen molar-refractivity contribution in [1.29, 1.82) is 0 Å². The van der Waals surface area contributed by atoms with Crippen LogP contribution in [0, 0.1) is 0 Å². The van der Waals surface area contributed by atoms with E-state index in [2.05, 4.69) is 40.7 Å². The number of aromatic nitrogens is 2. The van der Waals surface area contributed by atoms with Crippen LogP contribution >= 0.6 is 0 Å². The maximum absolute atomic E-state index is 5.74. The molecule has 1 N–H and O–H groups in total. The molecule has 0 saturated carbocycles. The number of nitrogens with one attached hydrogen (secondary N) is 1. The molecule has 0 radical (unpaired) electrons. The molecule has 1 unspecified atom stereocenters. The van der Waals surface area contributed by atoms with E-state index in [1.165, 1.54) is 5.56 Å². The number of nitrogens with zero attached hydrogens (tertiary/aromatic N) is 3. The average Bonchev–Trinajstić information content (AvgIpc) is 2.97. The minimum Gasteiger partial charge on any atom is -0.374 e. The van der Waals surface area contributed by atoms with E-state index in [4.69, 9.17) is 4.74 Å². The Morgan fingerprint density at radius 1 is 1.33 bits per heavy atom. The number of hydrogen-bond acceptors (Lipinski definition) is 4. The van der Waals surface area contributed by atoms with Crippen molar-refractivity contribution in [3.63, 3.8) is 0 Å². The summed E-state index contributed by atoms with van der Waals surface area (Å²) in [6.07, 6.45) is 4.26. The average molecular weight is 286 g/mol. The number of ether oxygens (including phenoxy) is 1. The van der Waals surface area contributed by atoms with Crippen molar-refractivity contribution in [2.45, 2.75) is 12.6 Å². The second kappa shape index (κ2) is 6.85. The van der Waals surface area contributed by atoms with E-state index in [0.717, 1.165) is 38.5 Å². The van der Waals surface area contributed by atoms with Gasteiger partial charge >= 0.3 is 0 Å². The summed E-state index contributed by atoms with van der Waals surface area (Å²) in [5, 5.41) is 7.85. The van der Waals surface area contributed by atoms with Gasteiger partial charge in [0, 0.05) is 37.9 Å². The number of morpholine rings is 1. The van der Waals surface area contributed by atoms with Crippen molar-refractivity contribution in [3.05, 3.63) is 48.3 Å². The fourth-order valence-corrected chi connectivity index (χ4v) is 2.54. The van der Waals surface area contributed by atoms with Crippen LogP contribution in [0.25, 0.3) is 5.69 Å². The Morgan fingerprint density at radius 2 is 2.19 bits per heavy atom. The molecule has 1 atom stereocenters. The highest BCUT2D eigenvalue weighted by Gasteiger charge is 2.16. The molecule has 1 saturated heterocycles. The van der Waals surface area contributed by atoms with Gasteiger partial charge in [0.1, 0.15) is 0 Å². The SMILES string of the molecule is CN1CCOC(CNCc2cnn(-c3ccccc3)c2)C1. The normalized spacial score (nSPS) is 19.8. The summed E-state index contributed by atoms with van der Waals surface area (Å²) in [6.45, 7) is 4.54. The third-order valence-electron chi connectivity index (χ3n) is 3.70. The van der Waals surface area contributed by atoms with Gasteiger partial charge in [0.25, 0.3) is 0 Å². The highest BCUT2D eigenvalue weighted by atomic mass is 16.5. The van der Waals surface area contributed by atoms with Crippen molar-refractivity contribution in [1.82, 2.24) is 20.0 Å². The van der Waals surface area contributed by atoms with Crippen LogP contribution in [-0.4, -0.2) is 54.1 Å². The van der Waals surface area contributed by atoms with Crippen LogP contribution in [0.2, 0.25) is 0 Å². The molecule has 1 aliphatic rings. The molecule has 1 aliphatic heterocycles. The molecule has 0 aliphatic carbocycles. The first-order valence-corrected chi connectivity index (χ1v) is 7.41. The molecule has 5 nitrogen and oxygen atoms in total. The second-order valence-electron chi connectivity index (χ2n) is 5.51. The van der Waals surface area contributed by atoms with Gasteiger partial charge in [0.15, 0.2) is 0 Å². The highest BCUT2D eigenvalue weighted by Crippen LogP contribution is 2.08. The standard InChI is InChI=1S/C16H22N4O/c1-19-7-8-21-16(13-19)11-17-9-14-10-18-20(12-14)15-5-3-2-4-6-15/h2-6,10,12,16-17H,7-9,11,13H2,1H3. The number of likely N-dealkylation sites (N-methyl/N-ethyl adjacent to an activating group) is 1. The van der Waals surface area contributed by atoms with Gasteiger partial charge in [-0.1, -0.05) is 18.2 Å². The molecular formula is C16H22N4O. The van der Waals surface area contributed by atoms with Gasteiger partial charge in [0.2, 0.25) is 0 Å². The summed E-state index contributed by atoms with van der Waals surface area (Å²) in [4.78, 5) is 2.31. The monoisotopic (exact) mass is 286 g/mol. The van der Waals surface area contributed by atoms with Gasteiger partial charge in [-0.25, -0.2) is 4.68 Å². The molecule has 0 spiro atoms. The van der Waals surface area contributed by atoms with Gasteiger partial charge in [-0.05, 0) is 19.2 Å². The third-order valence-corrected chi connectivity index (χ3v) is 3.70. The topological polar surface area (TPSA) is 42.3 Å². The van der Waals surface area contributed by atoms with Crippen molar-refractivity contribution in [3.8, 4) is 5.69 Å².